The topological polar surface area (TPSA) is 42.7 Å². The van der Waals surface area contributed by atoms with Crippen molar-refractivity contribution >= 4 is 5.69 Å². The van der Waals surface area contributed by atoms with Crippen LogP contribution in [-0.4, -0.2) is 21.1 Å². The first-order chi connectivity index (χ1) is 9.88. The second-order valence-corrected chi connectivity index (χ2v) is 5.80. The standard InChI is InChI=1S/C16H18N4/c1-2-13-7-12(1)8-14(13)9-18-15-3-4-16(19-10-15)20-6-5-17-11-20/h1-6,10-14,18H,7-9H2. The molecule has 2 aromatic rings. The monoisotopic (exact) mass is 266 g/mol. The van der Waals surface area contributed by atoms with Crippen molar-refractivity contribution in [3.63, 3.8) is 0 Å². The Kier molecular flexibility index (Phi) is 2.80. The van der Waals surface area contributed by atoms with Crippen LogP contribution in [0, 0.1) is 17.8 Å². The normalized spacial score (nSPS) is 27.1. The minimum atomic E-state index is 0.790. The molecule has 4 nitrogen and oxygen atoms in total. The van der Waals surface area contributed by atoms with Crippen LogP contribution < -0.4 is 5.32 Å². The highest BCUT2D eigenvalue weighted by atomic mass is 15.1. The van der Waals surface area contributed by atoms with E-state index in [2.05, 4.69) is 33.5 Å². The average Bonchev–Trinajstić information content (AvgIpc) is 3.22. The minimum Gasteiger partial charge on any atom is -0.383 e. The first-order valence-corrected chi connectivity index (χ1v) is 7.25. The molecule has 0 saturated heterocycles. The minimum absolute atomic E-state index is 0.790. The molecule has 1 N–H and O–H groups in total. The van der Waals surface area contributed by atoms with Crippen LogP contribution in [0.1, 0.15) is 12.8 Å². The van der Waals surface area contributed by atoms with Gasteiger partial charge in [-0.25, -0.2) is 9.97 Å². The SMILES string of the molecule is C1=CC2CC1CC2CNc1ccc(-n2ccnc2)nc1. The second kappa shape index (κ2) is 4.78. The van der Waals surface area contributed by atoms with Gasteiger partial charge in [-0.3, -0.25) is 4.57 Å². The largest absolute Gasteiger partial charge is 0.383 e. The molecule has 4 rings (SSSR count). The lowest BCUT2D eigenvalue weighted by atomic mass is 9.93. The van der Waals surface area contributed by atoms with E-state index in [9.17, 15) is 0 Å². The van der Waals surface area contributed by atoms with Crippen LogP contribution in [0.2, 0.25) is 0 Å². The molecule has 0 radical (unpaired) electrons. The quantitative estimate of drug-likeness (QED) is 0.865. The third-order valence-corrected chi connectivity index (χ3v) is 4.50. The van der Waals surface area contributed by atoms with Gasteiger partial charge in [-0.1, -0.05) is 12.2 Å². The molecule has 1 fully saturated rings. The van der Waals surface area contributed by atoms with E-state index in [0.29, 0.717) is 0 Å². The molecule has 0 aromatic carbocycles. The summed E-state index contributed by atoms with van der Waals surface area (Å²) in [6.07, 6.45) is 14.8. The Morgan fingerprint density at radius 1 is 1.25 bits per heavy atom. The Balaban J connectivity index is 1.39. The zero-order valence-electron chi connectivity index (χ0n) is 11.3. The number of hydrogen-bond acceptors (Lipinski definition) is 3. The van der Waals surface area contributed by atoms with E-state index in [-0.39, 0.29) is 0 Å². The lowest BCUT2D eigenvalue weighted by Crippen LogP contribution is -2.18. The van der Waals surface area contributed by atoms with Crippen molar-refractivity contribution in [3.8, 4) is 5.82 Å². The molecular weight excluding hydrogens is 248 g/mol. The van der Waals surface area contributed by atoms with E-state index in [0.717, 1.165) is 35.8 Å². The van der Waals surface area contributed by atoms with Gasteiger partial charge in [0.25, 0.3) is 0 Å². The molecule has 102 valence electrons. The Bertz CT molecular complexity index is 600. The summed E-state index contributed by atoms with van der Waals surface area (Å²) in [5.41, 5.74) is 1.10. The number of nitrogens with one attached hydrogen (secondary N) is 1. The van der Waals surface area contributed by atoms with Crippen LogP contribution in [0.5, 0.6) is 0 Å². The first-order valence-electron chi connectivity index (χ1n) is 7.25. The predicted octanol–water partition coefficient (Wildman–Crippen LogP) is 2.89. The second-order valence-electron chi connectivity index (χ2n) is 5.80. The summed E-state index contributed by atoms with van der Waals surface area (Å²) in [5, 5.41) is 3.52. The number of fused-ring (bicyclic) bond motifs is 2. The predicted molar refractivity (Wildman–Crippen MR) is 78.7 cm³/mol. The van der Waals surface area contributed by atoms with Gasteiger partial charge in [-0.15, -0.1) is 0 Å². The highest BCUT2D eigenvalue weighted by Crippen LogP contribution is 2.43. The van der Waals surface area contributed by atoms with Crippen LogP contribution in [0.3, 0.4) is 0 Å². The van der Waals surface area contributed by atoms with E-state index < -0.39 is 0 Å². The van der Waals surface area contributed by atoms with Gasteiger partial charge in [0.2, 0.25) is 0 Å². The lowest BCUT2D eigenvalue weighted by Gasteiger charge is -2.19. The van der Waals surface area contributed by atoms with Crippen molar-refractivity contribution in [1.29, 1.82) is 0 Å². The number of anilines is 1. The molecule has 2 aromatic heterocycles. The third-order valence-electron chi connectivity index (χ3n) is 4.50. The summed E-state index contributed by atoms with van der Waals surface area (Å²) >= 11 is 0. The molecular formula is C16H18N4. The molecule has 3 unspecified atom stereocenters. The number of aromatic nitrogens is 3. The van der Waals surface area contributed by atoms with Gasteiger partial charge in [0.1, 0.15) is 12.1 Å². The van der Waals surface area contributed by atoms with Gasteiger partial charge in [0.15, 0.2) is 0 Å². The van der Waals surface area contributed by atoms with Gasteiger partial charge >= 0.3 is 0 Å². The Morgan fingerprint density at radius 3 is 2.90 bits per heavy atom. The molecule has 3 atom stereocenters. The Hall–Kier alpha value is -2.10. The molecule has 2 aliphatic rings. The van der Waals surface area contributed by atoms with Crippen molar-refractivity contribution in [2.45, 2.75) is 12.8 Å². The summed E-state index contributed by atoms with van der Waals surface area (Å²) < 4.78 is 1.91. The Morgan fingerprint density at radius 2 is 2.25 bits per heavy atom. The summed E-state index contributed by atoms with van der Waals surface area (Å²) in [7, 11) is 0. The maximum absolute atomic E-state index is 4.46. The molecule has 2 heterocycles. The van der Waals surface area contributed by atoms with Crippen molar-refractivity contribution < 1.29 is 0 Å². The number of nitrogens with zero attached hydrogens (tertiary/aromatic N) is 3. The first kappa shape index (κ1) is 11.7. The van der Waals surface area contributed by atoms with E-state index in [1.807, 2.05) is 23.0 Å². The van der Waals surface area contributed by atoms with Crippen molar-refractivity contribution in [3.05, 3.63) is 49.2 Å². The summed E-state index contributed by atoms with van der Waals surface area (Å²) in [4.78, 5) is 8.49. The molecule has 1 saturated carbocycles. The van der Waals surface area contributed by atoms with Crippen LogP contribution in [0.15, 0.2) is 49.2 Å². The zero-order chi connectivity index (χ0) is 13.4. The average molecular weight is 266 g/mol. The molecule has 0 amide bonds. The van der Waals surface area contributed by atoms with Gasteiger partial charge in [-0.05, 0) is 42.7 Å². The van der Waals surface area contributed by atoms with Crippen LogP contribution in [0.4, 0.5) is 5.69 Å². The number of pyridine rings is 1. The van der Waals surface area contributed by atoms with Crippen molar-refractivity contribution in [2.24, 2.45) is 17.8 Å². The number of hydrogen-bond donors (Lipinski definition) is 1. The highest BCUT2D eigenvalue weighted by molar-refractivity contribution is 5.43. The molecule has 2 bridgehead atoms. The van der Waals surface area contributed by atoms with Crippen LogP contribution in [0.25, 0.3) is 5.82 Å². The fraction of sp³-hybridized carbons (Fsp3) is 0.375. The maximum atomic E-state index is 4.46. The molecule has 2 aliphatic carbocycles. The van der Waals surface area contributed by atoms with Gasteiger partial charge < -0.3 is 5.32 Å². The molecule has 0 spiro atoms. The zero-order valence-corrected chi connectivity index (χ0v) is 11.3. The van der Waals surface area contributed by atoms with E-state index >= 15 is 0 Å². The van der Waals surface area contributed by atoms with E-state index in [1.165, 1.54) is 12.8 Å². The number of allylic oxidation sites excluding steroid dienone is 2. The maximum Gasteiger partial charge on any atom is 0.137 e. The highest BCUT2D eigenvalue weighted by Gasteiger charge is 2.35. The lowest BCUT2D eigenvalue weighted by molar-refractivity contribution is 0.472. The van der Waals surface area contributed by atoms with Gasteiger partial charge in [0, 0.05) is 18.9 Å². The fourth-order valence-corrected chi connectivity index (χ4v) is 3.42. The molecule has 20 heavy (non-hydrogen) atoms. The van der Waals surface area contributed by atoms with Crippen molar-refractivity contribution in [2.75, 3.05) is 11.9 Å². The summed E-state index contributed by atoms with van der Waals surface area (Å²) in [6, 6.07) is 4.11. The fourth-order valence-electron chi connectivity index (χ4n) is 3.42. The third kappa shape index (κ3) is 2.11. The van der Waals surface area contributed by atoms with E-state index in [4.69, 9.17) is 0 Å². The molecule has 0 aliphatic heterocycles. The summed E-state index contributed by atoms with van der Waals surface area (Å²) in [5.74, 6) is 3.33. The van der Waals surface area contributed by atoms with E-state index in [1.54, 1.807) is 12.5 Å². The molecule has 4 heteroatoms. The smallest absolute Gasteiger partial charge is 0.137 e. The van der Waals surface area contributed by atoms with Crippen molar-refractivity contribution in [1.82, 2.24) is 14.5 Å². The Labute approximate surface area is 118 Å². The number of rotatable bonds is 4. The van der Waals surface area contributed by atoms with Gasteiger partial charge in [-0.2, -0.15) is 0 Å². The number of imidazole rings is 1. The van der Waals surface area contributed by atoms with Gasteiger partial charge in [0.05, 0.1) is 11.9 Å². The van der Waals surface area contributed by atoms with Crippen LogP contribution >= 0.6 is 0 Å². The summed E-state index contributed by atoms with van der Waals surface area (Å²) in [6.45, 7) is 1.05. The van der Waals surface area contributed by atoms with Crippen LogP contribution in [-0.2, 0) is 0 Å².